The van der Waals surface area contributed by atoms with Crippen molar-refractivity contribution in [2.24, 2.45) is 0 Å². The Balaban J connectivity index is 1.37. The third kappa shape index (κ3) is 5.06. The summed E-state index contributed by atoms with van der Waals surface area (Å²) in [7, 11) is 0. The van der Waals surface area contributed by atoms with Crippen LogP contribution in [0.3, 0.4) is 0 Å². The van der Waals surface area contributed by atoms with Gasteiger partial charge >= 0.3 is 5.69 Å². The predicted molar refractivity (Wildman–Crippen MR) is 118 cm³/mol. The number of benzene rings is 2. The Morgan fingerprint density at radius 3 is 2.58 bits per heavy atom. The van der Waals surface area contributed by atoms with Crippen molar-refractivity contribution in [3.8, 4) is 11.4 Å². The SMILES string of the molecule is CC(NC(=O)c1ccn(COc2cc(F)ccc2[N+](=O)[O-])n1)c1ccc(-n2cccc2)cc1. The zero-order valence-electron chi connectivity index (χ0n) is 17.6. The number of ether oxygens (including phenoxy) is 1. The second-order valence-corrected chi connectivity index (χ2v) is 7.26. The van der Waals surface area contributed by atoms with Crippen LogP contribution in [0.1, 0.15) is 29.0 Å². The minimum atomic E-state index is -0.663. The van der Waals surface area contributed by atoms with Crippen LogP contribution in [0.25, 0.3) is 5.69 Å². The molecule has 0 aliphatic carbocycles. The lowest BCUT2D eigenvalue weighted by Gasteiger charge is -2.14. The van der Waals surface area contributed by atoms with Gasteiger partial charge in [0.2, 0.25) is 5.75 Å². The molecule has 2 aromatic carbocycles. The first kappa shape index (κ1) is 21.8. The number of amides is 1. The molecule has 10 heteroatoms. The third-order valence-corrected chi connectivity index (χ3v) is 4.99. The Hall–Kier alpha value is -4.47. The van der Waals surface area contributed by atoms with E-state index in [0.717, 1.165) is 29.4 Å². The zero-order valence-corrected chi connectivity index (χ0v) is 17.6. The summed E-state index contributed by atoms with van der Waals surface area (Å²) in [5.41, 5.74) is 1.74. The van der Waals surface area contributed by atoms with Crippen molar-refractivity contribution in [3.05, 3.63) is 106 Å². The van der Waals surface area contributed by atoms with E-state index in [1.807, 2.05) is 60.3 Å². The van der Waals surface area contributed by atoms with E-state index in [4.69, 9.17) is 4.74 Å². The molecule has 9 nitrogen and oxygen atoms in total. The van der Waals surface area contributed by atoms with Crippen molar-refractivity contribution in [1.29, 1.82) is 0 Å². The van der Waals surface area contributed by atoms with Crippen LogP contribution in [-0.4, -0.2) is 25.2 Å². The summed E-state index contributed by atoms with van der Waals surface area (Å²) in [5.74, 6) is -1.27. The van der Waals surface area contributed by atoms with Crippen LogP contribution in [0.2, 0.25) is 0 Å². The van der Waals surface area contributed by atoms with Crippen LogP contribution in [0.5, 0.6) is 5.75 Å². The summed E-state index contributed by atoms with van der Waals surface area (Å²) in [6, 6.07) is 15.9. The Labute approximate surface area is 188 Å². The van der Waals surface area contributed by atoms with E-state index in [2.05, 4.69) is 10.4 Å². The molecule has 0 saturated heterocycles. The van der Waals surface area contributed by atoms with Crippen molar-refractivity contribution in [3.63, 3.8) is 0 Å². The second-order valence-electron chi connectivity index (χ2n) is 7.26. The number of rotatable bonds is 8. The predicted octanol–water partition coefficient (Wildman–Crippen LogP) is 4.25. The van der Waals surface area contributed by atoms with Crippen molar-refractivity contribution < 1.29 is 18.8 Å². The molecule has 0 spiro atoms. The maximum atomic E-state index is 13.4. The lowest BCUT2D eigenvalue weighted by molar-refractivity contribution is -0.386. The highest BCUT2D eigenvalue weighted by atomic mass is 19.1. The van der Waals surface area contributed by atoms with Gasteiger partial charge in [0.25, 0.3) is 5.91 Å². The minimum Gasteiger partial charge on any atom is -0.464 e. The summed E-state index contributed by atoms with van der Waals surface area (Å²) < 4.78 is 22.0. The molecular formula is C23H20FN5O4. The van der Waals surface area contributed by atoms with E-state index < -0.39 is 10.7 Å². The van der Waals surface area contributed by atoms with Gasteiger partial charge in [-0.25, -0.2) is 9.07 Å². The van der Waals surface area contributed by atoms with Gasteiger partial charge in [0.15, 0.2) is 6.73 Å². The normalized spacial score (nSPS) is 11.7. The first-order valence-corrected chi connectivity index (χ1v) is 10.0. The van der Waals surface area contributed by atoms with Gasteiger partial charge in [-0.2, -0.15) is 5.10 Å². The van der Waals surface area contributed by atoms with Crippen molar-refractivity contribution in [1.82, 2.24) is 19.7 Å². The van der Waals surface area contributed by atoms with Gasteiger partial charge in [-0.3, -0.25) is 14.9 Å². The molecule has 0 aliphatic rings. The number of nitro benzene ring substituents is 1. The van der Waals surface area contributed by atoms with Gasteiger partial charge in [-0.1, -0.05) is 12.1 Å². The number of hydrogen-bond donors (Lipinski definition) is 1. The van der Waals surface area contributed by atoms with E-state index in [1.54, 1.807) is 0 Å². The Kier molecular flexibility index (Phi) is 6.16. The average molecular weight is 449 g/mol. The summed E-state index contributed by atoms with van der Waals surface area (Å²) in [5, 5.41) is 18.1. The van der Waals surface area contributed by atoms with E-state index in [1.165, 1.54) is 16.9 Å². The molecule has 33 heavy (non-hydrogen) atoms. The second kappa shape index (κ2) is 9.35. The van der Waals surface area contributed by atoms with Gasteiger partial charge < -0.3 is 14.6 Å². The first-order chi connectivity index (χ1) is 15.9. The quantitative estimate of drug-likeness (QED) is 0.320. The molecule has 0 saturated carbocycles. The molecule has 1 atom stereocenters. The van der Waals surface area contributed by atoms with E-state index >= 15 is 0 Å². The number of hydrogen-bond acceptors (Lipinski definition) is 5. The van der Waals surface area contributed by atoms with Crippen LogP contribution in [-0.2, 0) is 6.73 Å². The van der Waals surface area contributed by atoms with E-state index in [9.17, 15) is 19.3 Å². The van der Waals surface area contributed by atoms with Gasteiger partial charge in [-0.05, 0) is 48.9 Å². The average Bonchev–Trinajstić information content (AvgIpc) is 3.50. The highest BCUT2D eigenvalue weighted by Gasteiger charge is 2.17. The van der Waals surface area contributed by atoms with Crippen molar-refractivity contribution in [2.45, 2.75) is 19.7 Å². The lowest BCUT2D eigenvalue weighted by atomic mass is 10.1. The third-order valence-electron chi connectivity index (χ3n) is 4.99. The highest BCUT2D eigenvalue weighted by Crippen LogP contribution is 2.27. The number of carbonyl (C=O) groups is 1. The molecule has 1 amide bonds. The summed E-state index contributed by atoms with van der Waals surface area (Å²) in [6.07, 6.45) is 5.40. The maximum absolute atomic E-state index is 13.4. The zero-order chi connectivity index (χ0) is 23.4. The number of nitro groups is 1. The number of aromatic nitrogens is 3. The van der Waals surface area contributed by atoms with Gasteiger partial charge in [0, 0.05) is 36.4 Å². The largest absolute Gasteiger partial charge is 0.464 e. The molecule has 4 aromatic rings. The van der Waals surface area contributed by atoms with Crippen LogP contribution >= 0.6 is 0 Å². The molecule has 0 fully saturated rings. The number of halogens is 1. The maximum Gasteiger partial charge on any atom is 0.311 e. The highest BCUT2D eigenvalue weighted by molar-refractivity contribution is 5.92. The Bertz CT molecular complexity index is 1270. The van der Waals surface area contributed by atoms with Gasteiger partial charge in [0.05, 0.1) is 11.0 Å². The Morgan fingerprint density at radius 1 is 1.15 bits per heavy atom. The van der Waals surface area contributed by atoms with Crippen LogP contribution in [0.4, 0.5) is 10.1 Å². The van der Waals surface area contributed by atoms with Crippen LogP contribution < -0.4 is 10.1 Å². The molecule has 4 rings (SSSR count). The fourth-order valence-corrected chi connectivity index (χ4v) is 3.24. The summed E-state index contributed by atoms with van der Waals surface area (Å²) >= 11 is 0. The first-order valence-electron chi connectivity index (χ1n) is 10.0. The molecule has 168 valence electrons. The van der Waals surface area contributed by atoms with Crippen molar-refractivity contribution in [2.75, 3.05) is 0 Å². The smallest absolute Gasteiger partial charge is 0.311 e. The molecule has 0 bridgehead atoms. The van der Waals surface area contributed by atoms with Crippen LogP contribution in [0.15, 0.2) is 79.3 Å². The van der Waals surface area contributed by atoms with E-state index in [-0.39, 0.29) is 35.8 Å². The van der Waals surface area contributed by atoms with Gasteiger partial charge in [0.1, 0.15) is 11.5 Å². The fourth-order valence-electron chi connectivity index (χ4n) is 3.24. The summed E-state index contributed by atoms with van der Waals surface area (Å²) in [4.78, 5) is 23.0. The summed E-state index contributed by atoms with van der Waals surface area (Å²) in [6.45, 7) is 1.64. The standard InChI is InChI=1S/C23H20FN5O4/c1-16(17-4-7-19(8-5-17)27-11-2-3-12-27)25-23(30)20-10-13-28(26-20)15-33-22-14-18(24)6-9-21(22)29(31)32/h2-14,16H,15H2,1H3,(H,25,30). The number of nitrogens with one attached hydrogen (secondary N) is 1. The molecule has 1 unspecified atom stereocenters. The van der Waals surface area contributed by atoms with E-state index in [0.29, 0.717) is 0 Å². The molecule has 0 radical (unpaired) electrons. The molecule has 0 aliphatic heterocycles. The lowest BCUT2D eigenvalue weighted by Crippen LogP contribution is -2.27. The Morgan fingerprint density at radius 2 is 1.88 bits per heavy atom. The number of carbonyl (C=O) groups excluding carboxylic acids is 1. The van der Waals surface area contributed by atoms with Crippen molar-refractivity contribution >= 4 is 11.6 Å². The topological polar surface area (TPSA) is 104 Å². The molecule has 2 aromatic heterocycles. The van der Waals surface area contributed by atoms with Gasteiger partial charge in [-0.15, -0.1) is 0 Å². The monoisotopic (exact) mass is 449 g/mol. The van der Waals surface area contributed by atoms with Crippen LogP contribution in [0, 0.1) is 15.9 Å². The fraction of sp³-hybridized carbons (Fsp3) is 0.130. The molecular weight excluding hydrogens is 429 g/mol. The minimum absolute atomic E-state index is 0.156. The molecule has 2 heterocycles. The number of nitrogens with zero attached hydrogens (tertiary/aromatic N) is 4. The molecule has 1 N–H and O–H groups in total.